The standard InChI is InChI=1S/C23H25F2N5O2S/c1-10(2)33-22-17(25)21(28-18-12-5-3-11(4-6-12)16(18)23(31)32)29-20(30-22)15-9-27-19-14(15)7-13(24)8-26-19/h7-12,16,18H,3-6H2,1-2H3,(H,26,27)(H,31,32)(H,28,29,30). The average Bonchev–Trinajstić information content (AvgIpc) is 3.19. The smallest absolute Gasteiger partial charge is 0.308 e. The van der Waals surface area contributed by atoms with Crippen LogP contribution in [0.3, 0.4) is 0 Å². The Balaban J connectivity index is 1.59. The van der Waals surface area contributed by atoms with Crippen molar-refractivity contribution in [3.05, 3.63) is 30.1 Å². The highest BCUT2D eigenvalue weighted by Gasteiger charge is 2.47. The number of carboxylic acid groups (broad SMARTS) is 1. The van der Waals surface area contributed by atoms with Crippen molar-refractivity contribution in [2.45, 2.75) is 55.8 Å². The van der Waals surface area contributed by atoms with E-state index >= 15 is 4.39 Å². The summed E-state index contributed by atoms with van der Waals surface area (Å²) in [6, 6.07) is 0.940. The van der Waals surface area contributed by atoms with Gasteiger partial charge in [0.25, 0.3) is 0 Å². The molecule has 3 aliphatic rings. The molecule has 3 N–H and O–H groups in total. The molecular formula is C23H25F2N5O2S. The van der Waals surface area contributed by atoms with Crippen LogP contribution in [0, 0.1) is 29.4 Å². The predicted molar refractivity (Wildman–Crippen MR) is 122 cm³/mol. The Bertz CT molecular complexity index is 1210. The first kappa shape index (κ1) is 22.1. The molecule has 174 valence electrons. The minimum atomic E-state index is -0.855. The third kappa shape index (κ3) is 4.05. The van der Waals surface area contributed by atoms with Gasteiger partial charge >= 0.3 is 5.97 Å². The lowest BCUT2D eigenvalue weighted by molar-refractivity contribution is -0.148. The molecule has 7 nitrogen and oxygen atoms in total. The molecule has 2 unspecified atom stereocenters. The first-order chi connectivity index (χ1) is 15.8. The summed E-state index contributed by atoms with van der Waals surface area (Å²) in [5.74, 6) is -2.06. The van der Waals surface area contributed by atoms with Gasteiger partial charge in [-0.25, -0.2) is 19.3 Å². The number of fused-ring (bicyclic) bond motifs is 4. The molecule has 3 aromatic rings. The van der Waals surface area contributed by atoms with Crippen LogP contribution in [0.2, 0.25) is 0 Å². The largest absolute Gasteiger partial charge is 0.481 e. The molecule has 6 rings (SSSR count). The summed E-state index contributed by atoms with van der Waals surface area (Å²) >= 11 is 1.26. The van der Waals surface area contributed by atoms with E-state index in [0.717, 1.165) is 31.9 Å². The van der Waals surface area contributed by atoms with E-state index in [9.17, 15) is 14.3 Å². The Morgan fingerprint density at radius 2 is 1.94 bits per heavy atom. The van der Waals surface area contributed by atoms with Crippen LogP contribution in [-0.4, -0.2) is 42.3 Å². The number of thioether (sulfide) groups is 1. The van der Waals surface area contributed by atoms with E-state index in [0.29, 0.717) is 16.6 Å². The van der Waals surface area contributed by atoms with E-state index in [1.807, 2.05) is 13.8 Å². The summed E-state index contributed by atoms with van der Waals surface area (Å²) in [6.45, 7) is 3.87. The van der Waals surface area contributed by atoms with Gasteiger partial charge in [0.2, 0.25) is 0 Å². The maximum Gasteiger partial charge on any atom is 0.308 e. The lowest BCUT2D eigenvalue weighted by Crippen LogP contribution is -2.51. The van der Waals surface area contributed by atoms with Crippen molar-refractivity contribution < 1.29 is 18.7 Å². The van der Waals surface area contributed by atoms with Crippen molar-refractivity contribution in [2.75, 3.05) is 5.32 Å². The van der Waals surface area contributed by atoms with Crippen LogP contribution in [0.25, 0.3) is 22.4 Å². The second-order valence-electron chi connectivity index (χ2n) is 9.14. The van der Waals surface area contributed by atoms with Gasteiger partial charge in [-0.3, -0.25) is 4.79 Å². The van der Waals surface area contributed by atoms with Gasteiger partial charge in [-0.05, 0) is 43.6 Å². The number of hydrogen-bond donors (Lipinski definition) is 3. The van der Waals surface area contributed by atoms with Crippen molar-refractivity contribution >= 4 is 34.6 Å². The molecular weight excluding hydrogens is 448 g/mol. The average molecular weight is 474 g/mol. The van der Waals surface area contributed by atoms with Crippen LogP contribution in [-0.2, 0) is 4.79 Å². The van der Waals surface area contributed by atoms with Gasteiger partial charge in [-0.15, -0.1) is 11.8 Å². The molecule has 3 saturated carbocycles. The highest BCUT2D eigenvalue weighted by Crippen LogP contribution is 2.46. The van der Waals surface area contributed by atoms with E-state index in [4.69, 9.17) is 0 Å². The molecule has 3 aromatic heterocycles. The normalized spacial score (nSPS) is 24.5. The predicted octanol–water partition coefficient (Wildman–Crippen LogP) is 5.10. The number of nitrogens with one attached hydrogen (secondary N) is 2. The third-order valence-corrected chi connectivity index (χ3v) is 7.68. The molecule has 0 saturated heterocycles. The van der Waals surface area contributed by atoms with E-state index in [1.54, 1.807) is 6.20 Å². The Hall–Kier alpha value is -2.75. The molecule has 3 heterocycles. The van der Waals surface area contributed by atoms with Gasteiger partial charge in [0.1, 0.15) is 16.5 Å². The maximum absolute atomic E-state index is 15.5. The lowest BCUT2D eigenvalue weighted by atomic mass is 9.61. The fourth-order valence-corrected chi connectivity index (χ4v) is 6.06. The zero-order valence-electron chi connectivity index (χ0n) is 18.3. The van der Waals surface area contributed by atoms with E-state index in [1.165, 1.54) is 17.8 Å². The quantitative estimate of drug-likeness (QED) is 0.338. The summed E-state index contributed by atoms with van der Waals surface area (Å²) in [4.78, 5) is 28.0. The second-order valence-corrected chi connectivity index (χ2v) is 10.7. The Morgan fingerprint density at radius 3 is 2.64 bits per heavy atom. The fourth-order valence-electron chi connectivity index (χ4n) is 5.28. The lowest BCUT2D eigenvalue weighted by Gasteiger charge is -2.47. The number of halogens is 2. The van der Waals surface area contributed by atoms with Gasteiger partial charge in [0.05, 0.1) is 12.1 Å². The maximum atomic E-state index is 15.5. The van der Waals surface area contributed by atoms with E-state index in [-0.39, 0.29) is 33.8 Å². The number of rotatable bonds is 6. The molecule has 3 aliphatic carbocycles. The molecule has 0 aliphatic heterocycles. The summed E-state index contributed by atoms with van der Waals surface area (Å²) in [5.41, 5.74) is 0.980. The van der Waals surface area contributed by atoms with Crippen LogP contribution in [0.4, 0.5) is 14.6 Å². The summed E-state index contributed by atoms with van der Waals surface area (Å²) in [7, 11) is 0. The summed E-state index contributed by atoms with van der Waals surface area (Å²) < 4.78 is 29.4. The number of anilines is 1. The second kappa shape index (κ2) is 8.55. The Labute approximate surface area is 193 Å². The molecule has 0 amide bonds. The van der Waals surface area contributed by atoms with Crippen LogP contribution in [0.5, 0.6) is 0 Å². The minimum absolute atomic E-state index is 0.00865. The highest BCUT2D eigenvalue weighted by molar-refractivity contribution is 7.99. The monoisotopic (exact) mass is 473 g/mol. The van der Waals surface area contributed by atoms with Crippen LogP contribution in [0.15, 0.2) is 23.5 Å². The molecule has 0 radical (unpaired) electrons. The van der Waals surface area contributed by atoms with Gasteiger partial charge in [0, 0.05) is 28.4 Å². The molecule has 2 bridgehead atoms. The number of carbonyl (C=O) groups is 1. The molecule has 2 atom stereocenters. The summed E-state index contributed by atoms with van der Waals surface area (Å²) in [6.07, 6.45) is 6.37. The Morgan fingerprint density at radius 1 is 1.21 bits per heavy atom. The first-order valence-corrected chi connectivity index (χ1v) is 12.1. The number of carboxylic acids is 1. The van der Waals surface area contributed by atoms with E-state index < -0.39 is 29.6 Å². The Kier molecular flexibility index (Phi) is 5.72. The zero-order valence-corrected chi connectivity index (χ0v) is 19.1. The first-order valence-electron chi connectivity index (χ1n) is 11.2. The number of nitrogens with zero attached hydrogens (tertiary/aromatic N) is 3. The van der Waals surface area contributed by atoms with Crippen LogP contribution < -0.4 is 5.32 Å². The van der Waals surface area contributed by atoms with Crippen LogP contribution in [0.1, 0.15) is 39.5 Å². The van der Waals surface area contributed by atoms with Crippen molar-refractivity contribution in [1.82, 2.24) is 19.9 Å². The number of aromatic nitrogens is 4. The van der Waals surface area contributed by atoms with Crippen molar-refractivity contribution in [1.29, 1.82) is 0 Å². The van der Waals surface area contributed by atoms with Gasteiger partial charge in [-0.2, -0.15) is 4.39 Å². The van der Waals surface area contributed by atoms with Gasteiger partial charge in [-0.1, -0.05) is 13.8 Å². The molecule has 33 heavy (non-hydrogen) atoms. The fraction of sp³-hybridized carbons (Fsp3) is 0.478. The SMILES string of the molecule is CC(C)Sc1nc(-c2c[nH]c3ncc(F)cc23)nc(NC2C3CCC(CC3)C2C(=O)O)c1F. The highest BCUT2D eigenvalue weighted by atomic mass is 32.2. The molecule has 10 heteroatoms. The van der Waals surface area contributed by atoms with Crippen molar-refractivity contribution in [3.63, 3.8) is 0 Å². The zero-order chi connectivity index (χ0) is 23.3. The number of H-pyrrole nitrogens is 1. The minimum Gasteiger partial charge on any atom is -0.481 e. The number of aromatic amines is 1. The number of hydrogen-bond acceptors (Lipinski definition) is 6. The number of aliphatic carboxylic acids is 1. The summed E-state index contributed by atoms with van der Waals surface area (Å²) in [5, 5.41) is 13.8. The van der Waals surface area contributed by atoms with Gasteiger partial charge in [0.15, 0.2) is 17.5 Å². The van der Waals surface area contributed by atoms with Gasteiger partial charge < -0.3 is 15.4 Å². The molecule has 0 spiro atoms. The van der Waals surface area contributed by atoms with Crippen molar-refractivity contribution in [2.24, 2.45) is 17.8 Å². The third-order valence-electron chi connectivity index (χ3n) is 6.71. The molecule has 3 fully saturated rings. The van der Waals surface area contributed by atoms with Crippen molar-refractivity contribution in [3.8, 4) is 11.4 Å². The van der Waals surface area contributed by atoms with E-state index in [2.05, 4.69) is 25.3 Å². The number of pyridine rings is 1. The van der Waals surface area contributed by atoms with Crippen LogP contribution >= 0.6 is 11.8 Å². The topological polar surface area (TPSA) is 104 Å². The molecule has 0 aromatic carbocycles.